The summed E-state index contributed by atoms with van der Waals surface area (Å²) in [6, 6.07) is 4.54. The second-order valence-electron chi connectivity index (χ2n) is 5.97. The normalized spacial score (nSPS) is 23.5. The van der Waals surface area contributed by atoms with Crippen LogP contribution in [-0.2, 0) is 0 Å². The van der Waals surface area contributed by atoms with E-state index in [0.29, 0.717) is 25.0 Å². The van der Waals surface area contributed by atoms with E-state index in [4.69, 9.17) is 0 Å². The maximum Gasteiger partial charge on any atom is 0.260 e. The first kappa shape index (κ1) is 14.3. The highest BCUT2D eigenvalue weighted by Gasteiger charge is 2.31. The molecule has 1 aromatic carbocycles. The molecule has 0 aliphatic carbocycles. The molecule has 114 valence electrons. The number of benzene rings is 1. The molecule has 1 aromatic rings. The Bertz CT molecular complexity index is 501. The van der Waals surface area contributed by atoms with Gasteiger partial charge in [0, 0.05) is 19.1 Å². The number of hydrogen-bond acceptors (Lipinski definition) is 3. The Morgan fingerprint density at radius 3 is 2.67 bits per heavy atom. The summed E-state index contributed by atoms with van der Waals surface area (Å²) in [5, 5.41) is 13.2. The summed E-state index contributed by atoms with van der Waals surface area (Å²) >= 11 is 0. The minimum Gasteiger partial charge on any atom is -0.507 e. The number of aromatic hydroxyl groups is 1. The first-order valence-electron chi connectivity index (χ1n) is 7.67. The van der Waals surface area contributed by atoms with E-state index in [1.54, 1.807) is 4.90 Å². The molecule has 5 heteroatoms. The van der Waals surface area contributed by atoms with Crippen molar-refractivity contribution in [2.75, 3.05) is 19.6 Å². The zero-order valence-electron chi connectivity index (χ0n) is 12.0. The van der Waals surface area contributed by atoms with Crippen LogP contribution in [0.4, 0.5) is 4.39 Å². The average molecular weight is 292 g/mol. The van der Waals surface area contributed by atoms with Crippen LogP contribution in [0, 0.1) is 11.7 Å². The van der Waals surface area contributed by atoms with Crippen molar-refractivity contribution in [3.8, 4) is 5.75 Å². The number of halogens is 1. The van der Waals surface area contributed by atoms with Crippen molar-refractivity contribution in [1.29, 1.82) is 0 Å². The van der Waals surface area contributed by atoms with Crippen molar-refractivity contribution in [2.24, 2.45) is 5.92 Å². The highest BCUT2D eigenvalue weighted by Crippen LogP contribution is 2.28. The molecule has 2 aliphatic rings. The molecule has 0 radical (unpaired) electrons. The van der Waals surface area contributed by atoms with Crippen molar-refractivity contribution in [1.82, 2.24) is 10.2 Å². The molecule has 4 nitrogen and oxygen atoms in total. The number of rotatable bonds is 2. The number of nitrogens with one attached hydrogen (secondary N) is 1. The van der Waals surface area contributed by atoms with Crippen LogP contribution >= 0.6 is 0 Å². The zero-order chi connectivity index (χ0) is 14.8. The summed E-state index contributed by atoms with van der Waals surface area (Å²) in [6.45, 7) is 2.36. The predicted octanol–water partition coefficient (Wildman–Crippen LogP) is 2.14. The van der Waals surface area contributed by atoms with E-state index in [1.165, 1.54) is 31.0 Å². The smallest absolute Gasteiger partial charge is 0.260 e. The average Bonchev–Trinajstić information content (AvgIpc) is 3.01. The van der Waals surface area contributed by atoms with Crippen molar-refractivity contribution >= 4 is 5.91 Å². The second kappa shape index (κ2) is 6.02. The fraction of sp³-hybridized carbons (Fsp3) is 0.562. The summed E-state index contributed by atoms with van der Waals surface area (Å²) in [6.07, 6.45) is 4.33. The van der Waals surface area contributed by atoms with Gasteiger partial charge in [-0.1, -0.05) is 6.07 Å². The third kappa shape index (κ3) is 2.88. The van der Waals surface area contributed by atoms with Gasteiger partial charge < -0.3 is 15.3 Å². The number of amides is 1. The Kier molecular flexibility index (Phi) is 4.10. The number of piperidine rings is 1. The van der Waals surface area contributed by atoms with Crippen LogP contribution in [0.15, 0.2) is 18.2 Å². The molecule has 0 aromatic heterocycles. The molecule has 2 fully saturated rings. The fourth-order valence-corrected chi connectivity index (χ4v) is 3.50. The number of phenols is 1. The van der Waals surface area contributed by atoms with Gasteiger partial charge in [-0.2, -0.15) is 0 Å². The monoisotopic (exact) mass is 292 g/mol. The maximum atomic E-state index is 13.8. The molecule has 1 amide bonds. The third-order valence-electron chi connectivity index (χ3n) is 4.70. The number of carbonyl (C=O) groups excluding carboxylic acids is 1. The van der Waals surface area contributed by atoms with E-state index >= 15 is 0 Å². The van der Waals surface area contributed by atoms with Crippen LogP contribution < -0.4 is 5.32 Å². The number of carbonyl (C=O) groups is 1. The molecule has 3 rings (SSSR count). The predicted molar refractivity (Wildman–Crippen MR) is 77.7 cm³/mol. The SMILES string of the molecule is O=C(c1c(O)cccc1F)N1CCC(C2CCCN2)CC1. The highest BCUT2D eigenvalue weighted by molar-refractivity contribution is 5.97. The van der Waals surface area contributed by atoms with Gasteiger partial charge >= 0.3 is 0 Å². The van der Waals surface area contributed by atoms with Gasteiger partial charge in [-0.15, -0.1) is 0 Å². The van der Waals surface area contributed by atoms with Crippen molar-refractivity contribution < 1.29 is 14.3 Å². The van der Waals surface area contributed by atoms with Gasteiger partial charge in [0.15, 0.2) is 0 Å². The first-order chi connectivity index (χ1) is 10.2. The minimum absolute atomic E-state index is 0.199. The lowest BCUT2D eigenvalue weighted by atomic mass is 9.88. The van der Waals surface area contributed by atoms with E-state index in [9.17, 15) is 14.3 Å². The Hall–Kier alpha value is -1.62. The summed E-state index contributed by atoms with van der Waals surface area (Å²) in [5.41, 5.74) is -0.199. The van der Waals surface area contributed by atoms with Gasteiger partial charge in [-0.05, 0) is 50.3 Å². The standard InChI is InChI=1S/C16H21FN2O2/c17-12-3-1-5-14(20)15(12)16(21)19-9-6-11(7-10-19)13-4-2-8-18-13/h1,3,5,11,13,18,20H,2,4,6-10H2. The van der Waals surface area contributed by atoms with E-state index in [0.717, 1.165) is 19.4 Å². The van der Waals surface area contributed by atoms with Crippen LogP contribution in [0.5, 0.6) is 5.75 Å². The van der Waals surface area contributed by atoms with Crippen LogP contribution in [0.2, 0.25) is 0 Å². The highest BCUT2D eigenvalue weighted by atomic mass is 19.1. The Morgan fingerprint density at radius 1 is 1.29 bits per heavy atom. The molecule has 0 spiro atoms. The summed E-state index contributed by atoms with van der Waals surface area (Å²) < 4.78 is 13.8. The maximum absolute atomic E-state index is 13.8. The van der Waals surface area contributed by atoms with Crippen molar-refractivity contribution in [3.05, 3.63) is 29.6 Å². The molecular formula is C16H21FN2O2. The van der Waals surface area contributed by atoms with E-state index < -0.39 is 11.7 Å². The van der Waals surface area contributed by atoms with E-state index in [1.807, 2.05) is 0 Å². The number of hydrogen-bond donors (Lipinski definition) is 2. The lowest BCUT2D eigenvalue weighted by Gasteiger charge is -2.35. The minimum atomic E-state index is -0.653. The molecule has 0 saturated carbocycles. The lowest BCUT2D eigenvalue weighted by molar-refractivity contribution is 0.0666. The number of likely N-dealkylation sites (tertiary alicyclic amines) is 1. The second-order valence-corrected chi connectivity index (χ2v) is 5.97. The Balaban J connectivity index is 1.65. The molecule has 2 heterocycles. The van der Waals surface area contributed by atoms with Crippen molar-refractivity contribution in [2.45, 2.75) is 31.7 Å². The number of phenolic OH excluding ortho intramolecular Hbond substituents is 1. The zero-order valence-corrected chi connectivity index (χ0v) is 12.0. The molecule has 1 atom stereocenters. The van der Waals surface area contributed by atoms with Gasteiger partial charge in [0.2, 0.25) is 0 Å². The summed E-state index contributed by atoms with van der Waals surface area (Å²) in [5.74, 6) is -0.728. The number of nitrogens with zero attached hydrogens (tertiary/aromatic N) is 1. The molecule has 2 N–H and O–H groups in total. The van der Waals surface area contributed by atoms with Gasteiger partial charge in [-0.25, -0.2) is 4.39 Å². The van der Waals surface area contributed by atoms with E-state index in [-0.39, 0.29) is 11.3 Å². The molecule has 2 saturated heterocycles. The Labute approximate surface area is 124 Å². The quantitative estimate of drug-likeness (QED) is 0.878. The van der Waals surface area contributed by atoms with Gasteiger partial charge in [0.05, 0.1) is 0 Å². The Morgan fingerprint density at radius 2 is 2.05 bits per heavy atom. The fourth-order valence-electron chi connectivity index (χ4n) is 3.50. The van der Waals surface area contributed by atoms with Gasteiger partial charge in [0.1, 0.15) is 17.1 Å². The molecule has 2 aliphatic heterocycles. The third-order valence-corrected chi connectivity index (χ3v) is 4.70. The van der Waals surface area contributed by atoms with Crippen LogP contribution in [0.25, 0.3) is 0 Å². The van der Waals surface area contributed by atoms with E-state index in [2.05, 4.69) is 5.32 Å². The summed E-state index contributed by atoms with van der Waals surface area (Å²) in [4.78, 5) is 14.0. The lowest BCUT2D eigenvalue weighted by Crippen LogP contribution is -2.43. The topological polar surface area (TPSA) is 52.6 Å². The van der Waals surface area contributed by atoms with Crippen LogP contribution in [0.3, 0.4) is 0 Å². The molecule has 1 unspecified atom stereocenters. The summed E-state index contributed by atoms with van der Waals surface area (Å²) in [7, 11) is 0. The molecule has 21 heavy (non-hydrogen) atoms. The van der Waals surface area contributed by atoms with Crippen molar-refractivity contribution in [3.63, 3.8) is 0 Å². The largest absolute Gasteiger partial charge is 0.507 e. The first-order valence-corrected chi connectivity index (χ1v) is 7.67. The molecular weight excluding hydrogens is 271 g/mol. The van der Waals surface area contributed by atoms with Gasteiger partial charge in [-0.3, -0.25) is 4.79 Å². The van der Waals surface area contributed by atoms with Crippen LogP contribution in [-0.4, -0.2) is 41.6 Å². The van der Waals surface area contributed by atoms with Crippen LogP contribution in [0.1, 0.15) is 36.0 Å². The van der Waals surface area contributed by atoms with Gasteiger partial charge in [0.25, 0.3) is 5.91 Å². The molecule has 0 bridgehead atoms.